The molecule has 12 heteroatoms. The average Bonchev–Trinajstić information content (AvgIpc) is 3.85. The van der Waals surface area contributed by atoms with Crippen molar-refractivity contribution in [3.63, 3.8) is 0 Å². The maximum absolute atomic E-state index is 14.5. The van der Waals surface area contributed by atoms with Gasteiger partial charge in [0.25, 0.3) is 5.91 Å². The third-order valence-electron chi connectivity index (χ3n) is 14.1. The lowest BCUT2D eigenvalue weighted by Gasteiger charge is -2.63. The van der Waals surface area contributed by atoms with Crippen molar-refractivity contribution in [1.82, 2.24) is 20.5 Å². The third-order valence-corrected chi connectivity index (χ3v) is 14.1. The molecular formula is C44H61N5O7. The van der Waals surface area contributed by atoms with Gasteiger partial charge in [-0.05, 0) is 81.1 Å². The van der Waals surface area contributed by atoms with Gasteiger partial charge in [0.15, 0.2) is 5.60 Å². The lowest BCUT2D eigenvalue weighted by atomic mass is 9.47. The van der Waals surface area contributed by atoms with Crippen molar-refractivity contribution in [2.45, 2.75) is 101 Å². The lowest BCUT2D eigenvalue weighted by Crippen LogP contribution is -2.81. The van der Waals surface area contributed by atoms with Crippen LogP contribution in [-0.2, 0) is 26.2 Å². The fourth-order valence-electron chi connectivity index (χ4n) is 11.6. The van der Waals surface area contributed by atoms with Crippen molar-refractivity contribution in [3.05, 3.63) is 70.9 Å². The Morgan fingerprint density at radius 2 is 1.88 bits per heavy atom. The van der Waals surface area contributed by atoms with Gasteiger partial charge in [-0.15, -0.1) is 0 Å². The number of aliphatic hydroxyl groups excluding tert-OH is 2. The molecule has 10 atom stereocenters. The molecular weight excluding hydrogens is 711 g/mol. The van der Waals surface area contributed by atoms with Gasteiger partial charge in [-0.2, -0.15) is 0 Å². The van der Waals surface area contributed by atoms with Crippen molar-refractivity contribution < 1.29 is 34.4 Å². The molecule has 3 aliphatic heterocycles. The Morgan fingerprint density at radius 1 is 1.12 bits per heavy atom. The Balaban J connectivity index is 1.49. The van der Waals surface area contributed by atoms with Gasteiger partial charge in [0.05, 0.1) is 26.4 Å². The Morgan fingerprint density at radius 3 is 2.54 bits per heavy atom. The van der Waals surface area contributed by atoms with E-state index in [4.69, 9.17) is 9.47 Å². The second kappa shape index (κ2) is 15.1. The van der Waals surface area contributed by atoms with Crippen molar-refractivity contribution in [2.24, 2.45) is 11.3 Å². The first-order valence-electron chi connectivity index (χ1n) is 20.4. The molecule has 12 nitrogen and oxygen atoms in total. The standard InChI is InChI=1S/C44H61N5O7/c1-9-25(3)34(35(37(51)56-8)36-28(16-19-45-5)27-14-11-12-15-31(27)47-36)29-22-30-32(23-33(29)55-7)48(6)39-43(30)18-21-49-20-13-17-42(10-2,38(43)49)40(52)44(39,54)41(53)46-24-26(4)50/h11-15,17,22-23,25-26,34-35,38-40,45,47,50,52,54H,9-10,16,18-21,24H2,1-8H3,(H,46,53)/t25?,26?,34-,35?,38?,39?,40-,42-,43?,44+/m1/s1. The van der Waals surface area contributed by atoms with Crippen LogP contribution >= 0.6 is 0 Å². The third kappa shape index (κ3) is 5.65. The predicted molar refractivity (Wildman–Crippen MR) is 217 cm³/mol. The Bertz CT molecular complexity index is 2000. The summed E-state index contributed by atoms with van der Waals surface area (Å²) >= 11 is 0. The molecule has 0 bridgehead atoms. The molecule has 2 fully saturated rings. The van der Waals surface area contributed by atoms with E-state index >= 15 is 0 Å². The number of hydrogen-bond acceptors (Lipinski definition) is 10. The van der Waals surface area contributed by atoms with Crippen LogP contribution in [-0.4, -0.2) is 121 Å². The number of aliphatic hydroxyl groups is 3. The van der Waals surface area contributed by atoms with Gasteiger partial charge in [-0.25, -0.2) is 0 Å². The fourth-order valence-corrected chi connectivity index (χ4v) is 11.6. The number of para-hydroxylation sites is 1. The number of nitrogens with one attached hydrogen (secondary N) is 3. The van der Waals surface area contributed by atoms with E-state index in [0.29, 0.717) is 38.1 Å². The predicted octanol–water partition coefficient (Wildman–Crippen LogP) is 3.72. The summed E-state index contributed by atoms with van der Waals surface area (Å²) in [6.07, 6.45) is 4.41. The summed E-state index contributed by atoms with van der Waals surface area (Å²) < 4.78 is 12.0. The van der Waals surface area contributed by atoms with Crippen molar-refractivity contribution >= 4 is 28.5 Å². The average molecular weight is 772 g/mol. The quantitative estimate of drug-likeness (QED) is 0.105. The first-order chi connectivity index (χ1) is 26.8. The molecule has 4 heterocycles. The van der Waals surface area contributed by atoms with Crippen LogP contribution in [0.5, 0.6) is 5.75 Å². The van der Waals surface area contributed by atoms with E-state index in [1.54, 1.807) is 14.0 Å². The van der Waals surface area contributed by atoms with Crippen LogP contribution in [0.4, 0.5) is 5.69 Å². The van der Waals surface area contributed by atoms with E-state index in [-0.39, 0.29) is 24.5 Å². The molecule has 6 unspecified atom stereocenters. The Labute approximate surface area is 330 Å². The number of benzene rings is 2. The van der Waals surface area contributed by atoms with Crippen LogP contribution in [0.1, 0.15) is 81.2 Å². The summed E-state index contributed by atoms with van der Waals surface area (Å²) in [6.45, 7) is 9.96. The number of likely N-dealkylation sites (N-methyl/N-ethyl adjacent to an activating group) is 2. The molecule has 304 valence electrons. The van der Waals surface area contributed by atoms with Gasteiger partial charge in [0.2, 0.25) is 0 Å². The minimum atomic E-state index is -2.25. The van der Waals surface area contributed by atoms with Gasteiger partial charge < -0.3 is 45.3 Å². The second-order valence-electron chi connectivity index (χ2n) is 16.8. The highest BCUT2D eigenvalue weighted by Crippen LogP contribution is 2.67. The molecule has 1 saturated heterocycles. The number of hydrogen-bond donors (Lipinski definition) is 6. The number of rotatable bonds is 14. The van der Waals surface area contributed by atoms with Crippen molar-refractivity contribution in [1.29, 1.82) is 0 Å². The van der Waals surface area contributed by atoms with Gasteiger partial charge in [0, 0.05) is 71.3 Å². The molecule has 4 aliphatic rings. The maximum atomic E-state index is 14.5. The van der Waals surface area contributed by atoms with E-state index in [0.717, 1.165) is 51.9 Å². The molecule has 6 N–H and O–H groups in total. The van der Waals surface area contributed by atoms with Gasteiger partial charge in [-0.1, -0.05) is 57.5 Å². The smallest absolute Gasteiger partial charge is 0.315 e. The van der Waals surface area contributed by atoms with Gasteiger partial charge in [0.1, 0.15) is 17.8 Å². The van der Waals surface area contributed by atoms with Gasteiger partial charge >= 0.3 is 5.97 Å². The fraction of sp³-hybridized carbons (Fsp3) is 0.591. The zero-order valence-electron chi connectivity index (χ0n) is 34.2. The molecule has 1 amide bonds. The van der Waals surface area contributed by atoms with Crippen LogP contribution in [0, 0.1) is 11.3 Å². The molecule has 1 spiro atoms. The molecule has 1 aromatic heterocycles. The van der Waals surface area contributed by atoms with Crippen molar-refractivity contribution in [2.75, 3.05) is 59.4 Å². The minimum absolute atomic E-state index is 0.00850. The van der Waals surface area contributed by atoms with E-state index in [9.17, 15) is 24.9 Å². The molecule has 3 aromatic rings. The lowest BCUT2D eigenvalue weighted by molar-refractivity contribution is -0.203. The summed E-state index contributed by atoms with van der Waals surface area (Å²) in [7, 11) is 6.90. The number of fused-ring (bicyclic) bond motifs is 2. The topological polar surface area (TPSA) is 160 Å². The zero-order chi connectivity index (χ0) is 40.3. The van der Waals surface area contributed by atoms with Crippen LogP contribution < -0.4 is 20.3 Å². The zero-order valence-corrected chi connectivity index (χ0v) is 34.2. The number of methoxy groups -OCH3 is 2. The summed E-state index contributed by atoms with van der Waals surface area (Å²) in [5.74, 6) is -1.56. The largest absolute Gasteiger partial charge is 0.496 e. The highest BCUT2D eigenvalue weighted by molar-refractivity contribution is 5.91. The Hall–Kier alpha value is -3.94. The van der Waals surface area contributed by atoms with E-state index in [1.165, 1.54) is 7.11 Å². The molecule has 2 aromatic carbocycles. The maximum Gasteiger partial charge on any atom is 0.315 e. The molecule has 1 aliphatic carbocycles. The highest BCUT2D eigenvalue weighted by Gasteiger charge is 2.78. The number of nitrogens with zero attached hydrogens (tertiary/aromatic N) is 2. The Kier molecular flexibility index (Phi) is 10.9. The van der Waals surface area contributed by atoms with Crippen molar-refractivity contribution in [3.8, 4) is 5.75 Å². The SMILES string of the molecule is CCC(C)[C@H](c1cc2c(cc1OC)N(C)C1C23CCN2CC=C[C@](CC)(C23)[C@@H](O)[C@]1(O)C(=O)NCC(C)O)C(C(=O)OC)c1[nH]c2ccccc2c1CCNC. The summed E-state index contributed by atoms with van der Waals surface area (Å²) in [4.78, 5) is 36.9. The molecule has 0 radical (unpaired) electrons. The van der Waals surface area contributed by atoms with E-state index < -0.39 is 52.4 Å². The van der Waals surface area contributed by atoms with Crippen LogP contribution in [0.15, 0.2) is 48.6 Å². The van der Waals surface area contributed by atoms with E-state index in [2.05, 4.69) is 52.6 Å². The number of carbonyl (C=O) groups is 2. The normalized spacial score (nSPS) is 30.0. The number of anilines is 1. The van der Waals surface area contributed by atoms with Crippen LogP contribution in [0.2, 0.25) is 0 Å². The van der Waals surface area contributed by atoms with Crippen LogP contribution in [0.25, 0.3) is 10.9 Å². The molecule has 1 saturated carbocycles. The second-order valence-corrected chi connectivity index (χ2v) is 16.8. The number of H-pyrrole nitrogens is 1. The first kappa shape index (κ1) is 40.3. The number of aromatic amines is 1. The molecule has 7 rings (SSSR count). The summed E-state index contributed by atoms with van der Waals surface area (Å²) in [5.41, 5.74) is 1.48. The number of esters is 1. The number of amides is 1. The van der Waals surface area contributed by atoms with Gasteiger partial charge in [-0.3, -0.25) is 14.5 Å². The number of aromatic nitrogens is 1. The summed E-state index contributed by atoms with van der Waals surface area (Å²) in [6, 6.07) is 11.3. The monoisotopic (exact) mass is 771 g/mol. The number of ether oxygens (including phenoxy) is 2. The molecule has 56 heavy (non-hydrogen) atoms. The first-order valence-corrected chi connectivity index (χ1v) is 20.4. The minimum Gasteiger partial charge on any atom is -0.496 e. The number of carbonyl (C=O) groups excluding carboxylic acids is 2. The van der Waals surface area contributed by atoms with Crippen LogP contribution in [0.3, 0.4) is 0 Å². The van der Waals surface area contributed by atoms with E-state index in [1.807, 2.05) is 56.3 Å². The highest BCUT2D eigenvalue weighted by atomic mass is 16.5. The summed E-state index contributed by atoms with van der Waals surface area (Å²) in [5, 5.41) is 42.9.